The molecule has 1 aromatic carbocycles. The maximum atomic E-state index is 12.1. The van der Waals surface area contributed by atoms with Crippen LogP contribution in [0.3, 0.4) is 0 Å². The molecule has 2 N–H and O–H groups in total. The molecule has 1 saturated heterocycles. The number of hydrogen-bond acceptors (Lipinski definition) is 3. The lowest BCUT2D eigenvalue weighted by atomic mass is 9.84. The minimum absolute atomic E-state index is 0.0880. The predicted molar refractivity (Wildman–Crippen MR) is 67.5 cm³/mol. The summed E-state index contributed by atoms with van der Waals surface area (Å²) in [6, 6.07) is 5.55. The maximum Gasteiger partial charge on any atom is 0.407 e. The van der Waals surface area contributed by atoms with Gasteiger partial charge in [0.15, 0.2) is 0 Å². The van der Waals surface area contributed by atoms with Gasteiger partial charge >= 0.3 is 6.09 Å². The fourth-order valence-corrected chi connectivity index (χ4v) is 2.92. The first-order valence-electron chi connectivity index (χ1n) is 6.07. The molecule has 2 heterocycles. The third-order valence-corrected chi connectivity index (χ3v) is 3.85. The van der Waals surface area contributed by atoms with Gasteiger partial charge in [0.25, 0.3) is 0 Å². The van der Waals surface area contributed by atoms with E-state index in [4.69, 9.17) is 9.84 Å². The Labute approximate surface area is 110 Å². The summed E-state index contributed by atoms with van der Waals surface area (Å²) < 4.78 is 5.24. The van der Waals surface area contributed by atoms with Gasteiger partial charge in [-0.25, -0.2) is 4.79 Å². The summed E-state index contributed by atoms with van der Waals surface area (Å²) in [7, 11) is 1.55. The fraction of sp³-hybridized carbons (Fsp3) is 0.385. The van der Waals surface area contributed by atoms with Crippen LogP contribution in [0.2, 0.25) is 0 Å². The van der Waals surface area contributed by atoms with Crippen LogP contribution >= 0.6 is 0 Å². The van der Waals surface area contributed by atoms with E-state index in [1.165, 1.54) is 4.90 Å². The first-order chi connectivity index (χ1) is 9.11. The minimum Gasteiger partial charge on any atom is -0.495 e. The molecule has 1 fully saturated rings. The summed E-state index contributed by atoms with van der Waals surface area (Å²) in [5, 5.41) is 11.9. The molecule has 3 rings (SSSR count). The zero-order valence-corrected chi connectivity index (χ0v) is 10.4. The van der Waals surface area contributed by atoms with E-state index in [1.807, 2.05) is 12.1 Å². The van der Waals surface area contributed by atoms with Crippen molar-refractivity contribution in [3.8, 4) is 5.75 Å². The molecule has 2 unspecified atom stereocenters. The monoisotopic (exact) mass is 262 g/mol. The highest BCUT2D eigenvalue weighted by atomic mass is 16.5. The minimum atomic E-state index is -0.980. The van der Waals surface area contributed by atoms with Crippen molar-refractivity contribution < 1.29 is 19.4 Å². The Bertz CT molecular complexity index is 558. The lowest BCUT2D eigenvalue weighted by Crippen LogP contribution is -2.33. The lowest BCUT2D eigenvalue weighted by molar-refractivity contribution is -0.120. The van der Waals surface area contributed by atoms with E-state index >= 15 is 0 Å². The Morgan fingerprint density at radius 1 is 1.42 bits per heavy atom. The molecule has 2 aliphatic heterocycles. The molecule has 100 valence electrons. The van der Waals surface area contributed by atoms with Crippen molar-refractivity contribution >= 4 is 17.7 Å². The van der Waals surface area contributed by atoms with Gasteiger partial charge in [-0.1, -0.05) is 12.1 Å². The van der Waals surface area contributed by atoms with E-state index in [9.17, 15) is 9.59 Å². The predicted octanol–water partition coefficient (Wildman–Crippen LogP) is 1.34. The second-order valence-corrected chi connectivity index (χ2v) is 4.81. The van der Waals surface area contributed by atoms with Crippen LogP contribution < -0.4 is 10.1 Å². The molecule has 2 atom stereocenters. The molecule has 0 bridgehead atoms. The van der Waals surface area contributed by atoms with Crippen LogP contribution in [0.15, 0.2) is 18.2 Å². The molecule has 2 amide bonds. The zero-order chi connectivity index (χ0) is 13.6. The van der Waals surface area contributed by atoms with Crippen LogP contribution in [0.5, 0.6) is 5.75 Å². The Balaban J connectivity index is 2.04. The van der Waals surface area contributed by atoms with Gasteiger partial charge in [-0.3, -0.25) is 4.79 Å². The third-order valence-electron chi connectivity index (χ3n) is 3.85. The first kappa shape index (κ1) is 11.8. The van der Waals surface area contributed by atoms with Gasteiger partial charge in [-0.15, -0.1) is 0 Å². The topological polar surface area (TPSA) is 78.9 Å². The number of nitrogens with one attached hydrogen (secondary N) is 1. The van der Waals surface area contributed by atoms with Crippen LogP contribution in [-0.4, -0.2) is 42.2 Å². The smallest absolute Gasteiger partial charge is 0.407 e. The number of likely N-dealkylation sites (tertiary alicyclic amines) is 1. The van der Waals surface area contributed by atoms with Crippen LogP contribution in [0.4, 0.5) is 10.5 Å². The van der Waals surface area contributed by atoms with Gasteiger partial charge in [0.2, 0.25) is 5.91 Å². The van der Waals surface area contributed by atoms with Crippen LogP contribution in [0.1, 0.15) is 11.5 Å². The number of ether oxygens (including phenoxy) is 1. The highest BCUT2D eigenvalue weighted by molar-refractivity contribution is 5.99. The zero-order valence-electron chi connectivity index (χ0n) is 10.4. The first-order valence-corrected chi connectivity index (χ1v) is 6.07. The third kappa shape index (κ3) is 1.71. The number of carboxylic acid groups (broad SMARTS) is 1. The molecule has 2 aliphatic rings. The van der Waals surface area contributed by atoms with Gasteiger partial charge in [0.05, 0.1) is 18.7 Å². The van der Waals surface area contributed by atoms with Crippen LogP contribution in [0.25, 0.3) is 0 Å². The molecule has 6 nitrogen and oxygen atoms in total. The van der Waals surface area contributed by atoms with Crippen molar-refractivity contribution in [1.82, 2.24) is 4.90 Å². The highest BCUT2D eigenvalue weighted by Gasteiger charge is 2.44. The van der Waals surface area contributed by atoms with E-state index in [0.29, 0.717) is 18.0 Å². The number of benzene rings is 1. The number of fused-ring (bicyclic) bond motifs is 3. The molecule has 0 aromatic heterocycles. The second kappa shape index (κ2) is 4.15. The van der Waals surface area contributed by atoms with E-state index in [2.05, 4.69) is 5.32 Å². The lowest BCUT2D eigenvalue weighted by Gasteiger charge is -2.28. The standard InChI is InChI=1S/C13H14N2O4/c1-19-10-4-2-3-7-8-5-15(13(17)18)6-9(8)12(16)14-11(7)10/h2-4,8-9H,5-6H2,1H3,(H,14,16)(H,17,18). The summed E-state index contributed by atoms with van der Waals surface area (Å²) in [5.74, 6) is 0.0782. The van der Waals surface area contributed by atoms with Crippen molar-refractivity contribution in [1.29, 1.82) is 0 Å². The van der Waals surface area contributed by atoms with E-state index in [0.717, 1.165) is 5.56 Å². The van der Waals surface area contributed by atoms with Gasteiger partial charge in [-0.05, 0) is 11.6 Å². The average molecular weight is 262 g/mol. The van der Waals surface area contributed by atoms with Gasteiger partial charge < -0.3 is 20.1 Å². The summed E-state index contributed by atoms with van der Waals surface area (Å²) in [5.41, 5.74) is 1.62. The Hall–Kier alpha value is -2.24. The number of methoxy groups -OCH3 is 1. The SMILES string of the molecule is COc1cccc2c1NC(=O)C1CN(C(=O)O)CC21. The molecule has 0 aliphatic carbocycles. The normalized spacial score (nSPS) is 24.5. The summed E-state index contributed by atoms with van der Waals surface area (Å²) >= 11 is 0. The summed E-state index contributed by atoms with van der Waals surface area (Å²) in [6.07, 6.45) is -0.980. The Morgan fingerprint density at radius 2 is 2.16 bits per heavy atom. The second-order valence-electron chi connectivity index (χ2n) is 4.81. The highest BCUT2D eigenvalue weighted by Crippen LogP contribution is 2.44. The van der Waals surface area contributed by atoms with Crippen LogP contribution in [-0.2, 0) is 4.79 Å². The molecule has 19 heavy (non-hydrogen) atoms. The molecule has 0 radical (unpaired) electrons. The quantitative estimate of drug-likeness (QED) is 0.800. The Morgan fingerprint density at radius 3 is 2.84 bits per heavy atom. The van der Waals surface area contributed by atoms with Crippen molar-refractivity contribution in [3.05, 3.63) is 23.8 Å². The number of carbonyl (C=O) groups is 2. The van der Waals surface area contributed by atoms with Crippen LogP contribution in [0, 0.1) is 5.92 Å². The van der Waals surface area contributed by atoms with Crippen molar-refractivity contribution in [2.75, 3.05) is 25.5 Å². The van der Waals surface area contributed by atoms with E-state index < -0.39 is 6.09 Å². The number of rotatable bonds is 1. The van der Waals surface area contributed by atoms with Gasteiger partial charge in [0.1, 0.15) is 5.75 Å². The molecule has 1 aromatic rings. The fourth-order valence-electron chi connectivity index (χ4n) is 2.92. The number of nitrogens with zero attached hydrogens (tertiary/aromatic N) is 1. The van der Waals surface area contributed by atoms with Gasteiger partial charge in [-0.2, -0.15) is 0 Å². The summed E-state index contributed by atoms with van der Waals surface area (Å²) in [4.78, 5) is 24.4. The Kier molecular flexibility index (Phi) is 2.58. The number of para-hydroxylation sites is 1. The number of amides is 2. The van der Waals surface area contributed by atoms with E-state index in [-0.39, 0.29) is 24.3 Å². The molecule has 6 heteroatoms. The van der Waals surface area contributed by atoms with Crippen molar-refractivity contribution in [3.63, 3.8) is 0 Å². The number of hydrogen-bond donors (Lipinski definition) is 2. The number of anilines is 1. The number of carbonyl (C=O) groups excluding carboxylic acids is 1. The van der Waals surface area contributed by atoms with Crippen molar-refractivity contribution in [2.24, 2.45) is 5.92 Å². The molecular weight excluding hydrogens is 248 g/mol. The van der Waals surface area contributed by atoms with Crippen molar-refractivity contribution in [2.45, 2.75) is 5.92 Å². The molecule has 0 saturated carbocycles. The van der Waals surface area contributed by atoms with Gasteiger partial charge in [0, 0.05) is 19.0 Å². The molecule has 0 spiro atoms. The summed E-state index contributed by atoms with van der Waals surface area (Å²) in [6.45, 7) is 0.607. The van der Waals surface area contributed by atoms with E-state index in [1.54, 1.807) is 13.2 Å². The largest absolute Gasteiger partial charge is 0.495 e. The average Bonchev–Trinajstić information content (AvgIpc) is 2.84. The molecular formula is C13H14N2O4. The maximum absolute atomic E-state index is 12.1.